The zero-order valence-corrected chi connectivity index (χ0v) is 50.1. The summed E-state index contributed by atoms with van der Waals surface area (Å²) in [5.41, 5.74) is 0. The van der Waals surface area contributed by atoms with Crippen molar-refractivity contribution in [2.45, 2.75) is 380 Å². The molecule has 0 rings (SSSR count). The molecule has 0 aliphatic rings. The highest BCUT2D eigenvalue weighted by molar-refractivity contribution is 5.71. The summed E-state index contributed by atoms with van der Waals surface area (Å²) in [5.74, 6) is -0.853. The summed E-state index contributed by atoms with van der Waals surface area (Å²) < 4.78 is 16.9. The second-order valence-corrected chi connectivity index (χ2v) is 22.7. The molecule has 0 radical (unpaired) electrons. The van der Waals surface area contributed by atoms with Crippen molar-refractivity contribution in [3.8, 4) is 0 Å². The molecule has 0 spiro atoms. The number of hydrogen-bond acceptors (Lipinski definition) is 6. The van der Waals surface area contributed by atoms with Gasteiger partial charge in [0.05, 0.1) is 0 Å². The Bertz CT molecular complexity index is 1190. The van der Waals surface area contributed by atoms with Gasteiger partial charge in [-0.05, 0) is 64.2 Å². The van der Waals surface area contributed by atoms with Crippen LogP contribution >= 0.6 is 0 Å². The lowest BCUT2D eigenvalue weighted by atomic mass is 10.0. The summed E-state index contributed by atoms with van der Waals surface area (Å²) in [6, 6.07) is 0. The van der Waals surface area contributed by atoms with Crippen LogP contribution in [-0.4, -0.2) is 37.2 Å². The van der Waals surface area contributed by atoms with Crippen LogP contribution in [0.1, 0.15) is 374 Å². The van der Waals surface area contributed by atoms with Gasteiger partial charge >= 0.3 is 17.9 Å². The van der Waals surface area contributed by atoms with E-state index in [1.54, 1.807) is 0 Å². The smallest absolute Gasteiger partial charge is 0.306 e. The molecule has 0 bridgehead atoms. The summed E-state index contributed by atoms with van der Waals surface area (Å²) in [6.07, 6.45) is 76.4. The highest BCUT2D eigenvalue weighted by Gasteiger charge is 2.19. The van der Waals surface area contributed by atoms with E-state index in [0.29, 0.717) is 19.3 Å². The highest BCUT2D eigenvalue weighted by Crippen LogP contribution is 2.18. The third-order valence-electron chi connectivity index (χ3n) is 15.2. The molecule has 0 aromatic heterocycles. The zero-order chi connectivity index (χ0) is 53.6. The molecule has 0 aliphatic carbocycles. The number of allylic oxidation sites excluding steroid dienone is 4. The van der Waals surface area contributed by atoms with Crippen molar-refractivity contribution >= 4 is 17.9 Å². The monoisotopic (exact) mass is 1040 g/mol. The van der Waals surface area contributed by atoms with Crippen molar-refractivity contribution in [1.82, 2.24) is 0 Å². The molecule has 0 aromatic carbocycles. The topological polar surface area (TPSA) is 78.9 Å². The Kier molecular flexibility index (Phi) is 61.6. The maximum absolute atomic E-state index is 12.9. The Morgan fingerprint density at radius 3 is 0.730 bits per heavy atom. The summed E-state index contributed by atoms with van der Waals surface area (Å²) in [6.45, 7) is 6.64. The molecule has 74 heavy (non-hydrogen) atoms. The summed E-state index contributed by atoms with van der Waals surface area (Å²) in [4.78, 5) is 38.2. The van der Waals surface area contributed by atoms with Crippen LogP contribution in [0.2, 0.25) is 0 Å². The minimum absolute atomic E-state index is 0.0684. The first-order valence-electron chi connectivity index (χ1n) is 33.3. The van der Waals surface area contributed by atoms with Gasteiger partial charge in [0, 0.05) is 19.3 Å². The molecule has 436 valence electrons. The standard InChI is InChI=1S/C68H128O6/c1-4-7-10-13-16-19-22-24-26-28-30-31-32-33-34-35-36-37-39-40-42-44-46-49-52-55-58-61-67(70)73-64-65(63-72-66(69)60-57-54-51-48-21-18-15-12-9-6-3)74-68(71)62-59-56-53-50-47-45-43-41-38-29-27-25-23-20-17-14-11-8-5-2/h12,15,28,30,65H,4-11,13-14,16-27,29,31-64H2,1-3H3/b15-12-,30-28-. The Hall–Kier alpha value is -2.11. The molecule has 0 amide bonds. The van der Waals surface area contributed by atoms with Crippen molar-refractivity contribution in [3.63, 3.8) is 0 Å². The number of ether oxygens (including phenoxy) is 3. The number of carbonyl (C=O) groups excluding carboxylic acids is 3. The van der Waals surface area contributed by atoms with Crippen LogP contribution in [0.5, 0.6) is 0 Å². The average molecular weight is 1040 g/mol. The average Bonchev–Trinajstić information content (AvgIpc) is 3.40. The zero-order valence-electron chi connectivity index (χ0n) is 50.1. The maximum atomic E-state index is 12.9. The van der Waals surface area contributed by atoms with Crippen molar-refractivity contribution in [2.24, 2.45) is 0 Å². The summed E-state index contributed by atoms with van der Waals surface area (Å²) >= 11 is 0. The fourth-order valence-corrected chi connectivity index (χ4v) is 10.2. The van der Waals surface area contributed by atoms with E-state index in [9.17, 15) is 14.4 Å². The molecular formula is C68H128O6. The molecule has 0 N–H and O–H groups in total. The normalized spacial score (nSPS) is 12.1. The van der Waals surface area contributed by atoms with E-state index in [0.717, 1.165) is 70.6 Å². The van der Waals surface area contributed by atoms with Gasteiger partial charge in [0.1, 0.15) is 13.2 Å². The first kappa shape index (κ1) is 71.9. The van der Waals surface area contributed by atoms with Crippen molar-refractivity contribution in [2.75, 3.05) is 13.2 Å². The Balaban J connectivity index is 4.13. The van der Waals surface area contributed by atoms with Crippen LogP contribution in [0.4, 0.5) is 0 Å². The van der Waals surface area contributed by atoms with Gasteiger partial charge in [-0.25, -0.2) is 0 Å². The second kappa shape index (κ2) is 63.4. The highest BCUT2D eigenvalue weighted by atomic mass is 16.6. The molecule has 0 heterocycles. The summed E-state index contributed by atoms with van der Waals surface area (Å²) in [7, 11) is 0. The minimum Gasteiger partial charge on any atom is -0.462 e. The fraction of sp³-hybridized carbons (Fsp3) is 0.897. The minimum atomic E-state index is -0.770. The molecular weight excluding hydrogens is 913 g/mol. The molecule has 0 saturated carbocycles. The molecule has 0 saturated heterocycles. The lowest BCUT2D eigenvalue weighted by Crippen LogP contribution is -2.30. The third-order valence-corrected chi connectivity index (χ3v) is 15.2. The maximum Gasteiger partial charge on any atom is 0.306 e. The van der Waals surface area contributed by atoms with Gasteiger partial charge in [0.2, 0.25) is 0 Å². The van der Waals surface area contributed by atoms with E-state index in [-0.39, 0.29) is 31.1 Å². The quantitative estimate of drug-likeness (QED) is 0.0261. The number of esters is 3. The number of unbranched alkanes of at least 4 members (excludes halogenated alkanes) is 47. The Morgan fingerprint density at radius 1 is 0.257 bits per heavy atom. The van der Waals surface area contributed by atoms with Crippen LogP contribution in [0.25, 0.3) is 0 Å². The van der Waals surface area contributed by atoms with E-state index in [2.05, 4.69) is 45.1 Å². The van der Waals surface area contributed by atoms with Gasteiger partial charge < -0.3 is 14.2 Å². The van der Waals surface area contributed by atoms with E-state index < -0.39 is 6.10 Å². The van der Waals surface area contributed by atoms with E-state index in [1.165, 1.54) is 263 Å². The van der Waals surface area contributed by atoms with Crippen LogP contribution in [0, 0.1) is 0 Å². The van der Waals surface area contributed by atoms with E-state index >= 15 is 0 Å². The number of carbonyl (C=O) groups is 3. The second-order valence-electron chi connectivity index (χ2n) is 22.7. The summed E-state index contributed by atoms with van der Waals surface area (Å²) in [5, 5.41) is 0. The number of hydrogen-bond donors (Lipinski definition) is 0. The van der Waals surface area contributed by atoms with Crippen LogP contribution < -0.4 is 0 Å². The Labute approximate surface area is 462 Å². The molecule has 0 aromatic rings. The van der Waals surface area contributed by atoms with Crippen molar-refractivity contribution in [3.05, 3.63) is 24.3 Å². The fourth-order valence-electron chi connectivity index (χ4n) is 10.2. The first-order chi connectivity index (χ1) is 36.5. The van der Waals surface area contributed by atoms with E-state index in [1.807, 2.05) is 0 Å². The van der Waals surface area contributed by atoms with Gasteiger partial charge in [-0.1, -0.05) is 315 Å². The molecule has 6 nitrogen and oxygen atoms in total. The largest absolute Gasteiger partial charge is 0.462 e. The van der Waals surface area contributed by atoms with Gasteiger partial charge in [0.25, 0.3) is 0 Å². The molecule has 0 aliphatic heterocycles. The Morgan fingerprint density at radius 2 is 0.473 bits per heavy atom. The van der Waals surface area contributed by atoms with Gasteiger partial charge in [-0.15, -0.1) is 0 Å². The van der Waals surface area contributed by atoms with Gasteiger partial charge in [-0.2, -0.15) is 0 Å². The van der Waals surface area contributed by atoms with Gasteiger partial charge in [0.15, 0.2) is 6.10 Å². The van der Waals surface area contributed by atoms with Crippen LogP contribution in [-0.2, 0) is 28.6 Å². The predicted octanol–water partition coefficient (Wildman–Crippen LogP) is 22.6. The van der Waals surface area contributed by atoms with Crippen molar-refractivity contribution in [1.29, 1.82) is 0 Å². The number of rotatable bonds is 62. The predicted molar refractivity (Wildman–Crippen MR) is 321 cm³/mol. The van der Waals surface area contributed by atoms with Crippen LogP contribution in [0.3, 0.4) is 0 Å². The van der Waals surface area contributed by atoms with E-state index in [4.69, 9.17) is 14.2 Å². The van der Waals surface area contributed by atoms with Gasteiger partial charge in [-0.3, -0.25) is 14.4 Å². The lowest BCUT2D eigenvalue weighted by molar-refractivity contribution is -0.167. The molecule has 1 unspecified atom stereocenters. The molecule has 1 atom stereocenters. The third kappa shape index (κ3) is 60.8. The molecule has 0 fully saturated rings. The van der Waals surface area contributed by atoms with Crippen molar-refractivity contribution < 1.29 is 28.6 Å². The van der Waals surface area contributed by atoms with Crippen LogP contribution in [0.15, 0.2) is 24.3 Å². The SMILES string of the molecule is CCC/C=C\CCCCCCCC(=O)OCC(COC(=O)CCCCCCCCCCCCCCCCC/C=C\CCCCCCCCCC)OC(=O)CCCCCCCCCCCCCCCCCCCCC. The lowest BCUT2D eigenvalue weighted by Gasteiger charge is -2.18. The first-order valence-corrected chi connectivity index (χ1v) is 33.3. The molecule has 6 heteroatoms.